The smallest absolute Gasteiger partial charge is 0.410 e. The molecule has 2 heterocycles. The molecular formula is C14H26N2O2S. The molecule has 5 heteroatoms. The van der Waals surface area contributed by atoms with Crippen LogP contribution in [-0.4, -0.2) is 41.6 Å². The van der Waals surface area contributed by atoms with Gasteiger partial charge in [-0.2, -0.15) is 12.6 Å². The van der Waals surface area contributed by atoms with Crippen LogP contribution in [0, 0.1) is 5.41 Å². The Morgan fingerprint density at radius 3 is 2.47 bits per heavy atom. The summed E-state index contributed by atoms with van der Waals surface area (Å²) in [6.07, 6.45) is 4.29. The van der Waals surface area contributed by atoms with E-state index < -0.39 is 5.60 Å². The van der Waals surface area contributed by atoms with E-state index in [4.69, 9.17) is 4.74 Å². The van der Waals surface area contributed by atoms with Crippen molar-refractivity contribution in [2.75, 3.05) is 19.6 Å². The van der Waals surface area contributed by atoms with Crippen LogP contribution in [0.4, 0.5) is 4.79 Å². The molecule has 0 bridgehead atoms. The van der Waals surface area contributed by atoms with E-state index in [0.717, 1.165) is 38.9 Å². The van der Waals surface area contributed by atoms with Gasteiger partial charge in [-0.15, -0.1) is 0 Å². The fourth-order valence-electron chi connectivity index (χ4n) is 3.03. The molecule has 0 aromatic carbocycles. The summed E-state index contributed by atoms with van der Waals surface area (Å²) >= 11 is 4.55. The van der Waals surface area contributed by atoms with E-state index in [-0.39, 0.29) is 6.09 Å². The van der Waals surface area contributed by atoms with Gasteiger partial charge in [0, 0.05) is 13.1 Å². The Balaban J connectivity index is 1.87. The highest BCUT2D eigenvalue weighted by atomic mass is 32.1. The molecule has 4 nitrogen and oxygen atoms in total. The molecule has 0 aromatic heterocycles. The van der Waals surface area contributed by atoms with Gasteiger partial charge in [-0.05, 0) is 58.4 Å². The zero-order chi connectivity index (χ0) is 14.1. The molecule has 1 amide bonds. The van der Waals surface area contributed by atoms with Crippen molar-refractivity contribution in [1.29, 1.82) is 0 Å². The Morgan fingerprint density at radius 2 is 1.95 bits per heavy atom. The third-order valence-electron chi connectivity index (χ3n) is 4.14. The Labute approximate surface area is 121 Å². The predicted octanol–water partition coefficient (Wildman–Crippen LogP) is 2.64. The number of carbonyl (C=O) groups is 1. The monoisotopic (exact) mass is 286 g/mol. The molecule has 1 unspecified atom stereocenters. The maximum atomic E-state index is 12.0. The van der Waals surface area contributed by atoms with E-state index in [9.17, 15) is 4.79 Å². The van der Waals surface area contributed by atoms with Crippen LogP contribution in [0.5, 0.6) is 0 Å². The summed E-state index contributed by atoms with van der Waals surface area (Å²) in [5.41, 5.74) is -0.0205. The molecule has 1 spiro atoms. The number of thiol groups is 1. The zero-order valence-electron chi connectivity index (χ0n) is 12.2. The van der Waals surface area contributed by atoms with Crippen LogP contribution in [0.2, 0.25) is 0 Å². The lowest BCUT2D eigenvalue weighted by Gasteiger charge is -2.46. The zero-order valence-corrected chi connectivity index (χ0v) is 13.1. The van der Waals surface area contributed by atoms with E-state index in [1.807, 2.05) is 25.7 Å². The van der Waals surface area contributed by atoms with Crippen molar-refractivity contribution in [3.8, 4) is 0 Å². The van der Waals surface area contributed by atoms with Gasteiger partial charge in [0.1, 0.15) is 5.60 Å². The first-order chi connectivity index (χ1) is 8.80. The lowest BCUT2D eigenvalue weighted by atomic mass is 9.71. The summed E-state index contributed by atoms with van der Waals surface area (Å²) in [5.74, 6) is 0. The van der Waals surface area contributed by atoms with E-state index in [1.54, 1.807) is 0 Å². The molecular weight excluding hydrogens is 260 g/mol. The SMILES string of the molecule is CC(C)(C)OC(=O)N1CCC2(CCNC(S)C2)CC1. The lowest BCUT2D eigenvalue weighted by molar-refractivity contribution is 0.00505. The van der Waals surface area contributed by atoms with E-state index >= 15 is 0 Å². The second-order valence-corrected chi connectivity index (χ2v) is 7.51. The minimum absolute atomic E-state index is 0.168. The first kappa shape index (κ1) is 15.0. The average Bonchev–Trinajstić information content (AvgIpc) is 2.27. The topological polar surface area (TPSA) is 41.6 Å². The second kappa shape index (κ2) is 5.52. The second-order valence-electron chi connectivity index (χ2n) is 6.89. The largest absolute Gasteiger partial charge is 0.444 e. The molecule has 0 radical (unpaired) electrons. The quantitative estimate of drug-likeness (QED) is 0.673. The van der Waals surface area contributed by atoms with Crippen LogP contribution in [0.3, 0.4) is 0 Å². The molecule has 19 heavy (non-hydrogen) atoms. The highest BCUT2D eigenvalue weighted by molar-refractivity contribution is 7.80. The average molecular weight is 286 g/mol. The Bertz CT molecular complexity index is 333. The van der Waals surface area contributed by atoms with Gasteiger partial charge in [-0.25, -0.2) is 4.79 Å². The molecule has 2 aliphatic rings. The van der Waals surface area contributed by atoms with Crippen molar-refractivity contribution in [3.63, 3.8) is 0 Å². The molecule has 2 aliphatic heterocycles. The molecule has 2 rings (SSSR count). The Morgan fingerprint density at radius 1 is 1.32 bits per heavy atom. The van der Waals surface area contributed by atoms with Crippen molar-refractivity contribution in [1.82, 2.24) is 10.2 Å². The fourth-order valence-corrected chi connectivity index (χ4v) is 3.55. The maximum absolute atomic E-state index is 12.0. The number of ether oxygens (including phenoxy) is 1. The van der Waals surface area contributed by atoms with E-state index in [2.05, 4.69) is 17.9 Å². The van der Waals surface area contributed by atoms with Crippen LogP contribution in [-0.2, 0) is 4.74 Å². The van der Waals surface area contributed by atoms with Crippen molar-refractivity contribution in [2.45, 2.75) is 57.4 Å². The minimum Gasteiger partial charge on any atom is -0.444 e. The number of hydrogen-bond acceptors (Lipinski definition) is 4. The van der Waals surface area contributed by atoms with Crippen LogP contribution in [0.15, 0.2) is 0 Å². The Kier molecular flexibility index (Phi) is 4.35. The number of carbonyl (C=O) groups excluding carboxylic acids is 1. The van der Waals surface area contributed by atoms with Crippen LogP contribution in [0.25, 0.3) is 0 Å². The van der Waals surface area contributed by atoms with Gasteiger partial charge in [-0.1, -0.05) is 0 Å². The minimum atomic E-state index is -0.406. The molecule has 0 saturated carbocycles. The number of amides is 1. The van der Waals surface area contributed by atoms with Crippen molar-refractivity contribution >= 4 is 18.7 Å². The van der Waals surface area contributed by atoms with Gasteiger partial charge < -0.3 is 15.0 Å². The number of nitrogens with zero attached hydrogens (tertiary/aromatic N) is 1. The number of rotatable bonds is 0. The highest BCUT2D eigenvalue weighted by Gasteiger charge is 2.39. The third-order valence-corrected chi connectivity index (χ3v) is 4.50. The lowest BCUT2D eigenvalue weighted by Crippen LogP contribution is -2.49. The summed E-state index contributed by atoms with van der Waals surface area (Å²) in [6.45, 7) is 8.41. The molecule has 2 fully saturated rings. The Hall–Kier alpha value is -0.420. The van der Waals surface area contributed by atoms with Crippen molar-refractivity contribution in [2.24, 2.45) is 5.41 Å². The molecule has 1 atom stereocenters. The van der Waals surface area contributed by atoms with Crippen LogP contribution >= 0.6 is 12.6 Å². The highest BCUT2D eigenvalue weighted by Crippen LogP contribution is 2.41. The maximum Gasteiger partial charge on any atom is 0.410 e. The van der Waals surface area contributed by atoms with Crippen molar-refractivity contribution in [3.05, 3.63) is 0 Å². The summed E-state index contributed by atoms with van der Waals surface area (Å²) in [6, 6.07) is 0. The number of hydrogen-bond donors (Lipinski definition) is 2. The van der Waals surface area contributed by atoms with Crippen molar-refractivity contribution < 1.29 is 9.53 Å². The molecule has 110 valence electrons. The standard InChI is InChI=1S/C14H26N2O2S/c1-13(2,3)18-12(17)16-8-5-14(6-9-16)4-7-15-11(19)10-14/h11,15,19H,4-10H2,1-3H3. The fraction of sp³-hybridized carbons (Fsp3) is 0.929. The summed E-state index contributed by atoms with van der Waals surface area (Å²) in [4.78, 5) is 13.9. The third kappa shape index (κ3) is 4.02. The molecule has 2 saturated heterocycles. The van der Waals surface area contributed by atoms with Gasteiger partial charge >= 0.3 is 6.09 Å². The summed E-state index contributed by atoms with van der Waals surface area (Å²) in [5, 5.41) is 3.68. The molecule has 0 aromatic rings. The summed E-state index contributed by atoms with van der Waals surface area (Å²) < 4.78 is 5.43. The van der Waals surface area contributed by atoms with Gasteiger partial charge in [0.05, 0.1) is 5.37 Å². The first-order valence-electron chi connectivity index (χ1n) is 7.19. The molecule has 0 aliphatic carbocycles. The first-order valence-corrected chi connectivity index (χ1v) is 7.71. The van der Waals surface area contributed by atoms with Gasteiger partial charge in [-0.3, -0.25) is 0 Å². The number of nitrogens with one attached hydrogen (secondary N) is 1. The van der Waals surface area contributed by atoms with E-state index in [1.165, 1.54) is 6.42 Å². The van der Waals surface area contributed by atoms with Gasteiger partial charge in [0.15, 0.2) is 0 Å². The van der Waals surface area contributed by atoms with Crippen LogP contribution in [0.1, 0.15) is 46.5 Å². The summed E-state index contributed by atoms with van der Waals surface area (Å²) in [7, 11) is 0. The van der Waals surface area contributed by atoms with Gasteiger partial charge in [0.25, 0.3) is 0 Å². The number of piperidine rings is 2. The molecule has 1 N–H and O–H groups in total. The van der Waals surface area contributed by atoms with Crippen LogP contribution < -0.4 is 5.32 Å². The van der Waals surface area contributed by atoms with Gasteiger partial charge in [0.2, 0.25) is 0 Å². The number of likely N-dealkylation sites (tertiary alicyclic amines) is 1. The predicted molar refractivity (Wildman–Crippen MR) is 79.5 cm³/mol. The van der Waals surface area contributed by atoms with E-state index in [0.29, 0.717) is 10.8 Å². The normalized spacial score (nSPS) is 27.4.